The van der Waals surface area contributed by atoms with E-state index in [1.54, 1.807) is 0 Å². The predicted octanol–water partition coefficient (Wildman–Crippen LogP) is 4.45. The van der Waals surface area contributed by atoms with Crippen LogP contribution in [0.25, 0.3) is 22.2 Å². The summed E-state index contributed by atoms with van der Waals surface area (Å²) < 4.78 is 2.13. The first-order chi connectivity index (χ1) is 13.8. The van der Waals surface area contributed by atoms with Gasteiger partial charge in [-0.15, -0.1) is 0 Å². The van der Waals surface area contributed by atoms with Crippen LogP contribution in [0, 0.1) is 0 Å². The molecular weight excluding hydrogens is 346 g/mol. The second-order valence-electron chi connectivity index (χ2n) is 6.87. The third-order valence-electron chi connectivity index (χ3n) is 4.85. The van der Waals surface area contributed by atoms with Crippen LogP contribution in [-0.4, -0.2) is 22.0 Å². The molecule has 4 aromatic rings. The molecule has 2 aromatic heterocycles. The molecule has 0 aliphatic carbocycles. The zero-order chi connectivity index (χ0) is 19.2. The van der Waals surface area contributed by atoms with Gasteiger partial charge in [-0.25, -0.2) is 4.98 Å². The van der Waals surface area contributed by atoms with Crippen LogP contribution in [0.1, 0.15) is 12.0 Å². The Morgan fingerprint density at radius 1 is 0.893 bits per heavy atom. The van der Waals surface area contributed by atoms with Gasteiger partial charge in [-0.1, -0.05) is 54.6 Å². The molecule has 0 unspecified atom stereocenters. The minimum atomic E-state index is 0.0583. The third-order valence-corrected chi connectivity index (χ3v) is 4.85. The Morgan fingerprint density at radius 2 is 1.68 bits per heavy atom. The maximum Gasteiger partial charge on any atom is 0.224 e. The number of hydrogen-bond donors (Lipinski definition) is 1. The van der Waals surface area contributed by atoms with E-state index in [4.69, 9.17) is 0 Å². The number of rotatable bonds is 7. The number of hydrogen-bond acceptors (Lipinski definition) is 2. The highest BCUT2D eigenvalue weighted by Gasteiger charge is 2.05. The van der Waals surface area contributed by atoms with Gasteiger partial charge in [0.05, 0.1) is 6.42 Å². The smallest absolute Gasteiger partial charge is 0.224 e. The van der Waals surface area contributed by atoms with E-state index in [-0.39, 0.29) is 5.91 Å². The summed E-state index contributed by atoms with van der Waals surface area (Å²) in [5.41, 5.74) is 4.37. The molecule has 2 heterocycles. The van der Waals surface area contributed by atoms with E-state index in [0.29, 0.717) is 13.0 Å². The van der Waals surface area contributed by atoms with E-state index in [0.717, 1.165) is 35.1 Å². The maximum atomic E-state index is 12.2. The molecule has 0 saturated carbocycles. The highest BCUT2D eigenvalue weighted by molar-refractivity contribution is 5.79. The van der Waals surface area contributed by atoms with Crippen LogP contribution in [0.3, 0.4) is 0 Å². The van der Waals surface area contributed by atoms with Crippen LogP contribution in [0.5, 0.6) is 0 Å². The summed E-state index contributed by atoms with van der Waals surface area (Å²) in [6.45, 7) is 1.50. The molecule has 0 spiro atoms. The first-order valence-corrected chi connectivity index (χ1v) is 9.60. The summed E-state index contributed by atoms with van der Waals surface area (Å²) in [5.74, 6) is 0.0583. The number of aromatic nitrogens is 2. The van der Waals surface area contributed by atoms with Gasteiger partial charge >= 0.3 is 0 Å². The monoisotopic (exact) mass is 369 g/mol. The maximum absolute atomic E-state index is 12.2. The van der Waals surface area contributed by atoms with Crippen molar-refractivity contribution in [2.24, 2.45) is 0 Å². The van der Waals surface area contributed by atoms with E-state index < -0.39 is 0 Å². The lowest BCUT2D eigenvalue weighted by atomic mass is 10.0. The fourth-order valence-electron chi connectivity index (χ4n) is 3.37. The zero-order valence-corrected chi connectivity index (χ0v) is 15.7. The van der Waals surface area contributed by atoms with Crippen LogP contribution in [0.2, 0.25) is 0 Å². The van der Waals surface area contributed by atoms with Crippen molar-refractivity contribution in [2.45, 2.75) is 19.4 Å². The van der Waals surface area contributed by atoms with Crippen molar-refractivity contribution in [3.63, 3.8) is 0 Å². The molecule has 4 heteroatoms. The average Bonchev–Trinajstić information content (AvgIpc) is 3.16. The number of nitrogens with zero attached hydrogens (tertiary/aromatic N) is 2. The van der Waals surface area contributed by atoms with Crippen LogP contribution >= 0.6 is 0 Å². The molecule has 0 aliphatic rings. The van der Waals surface area contributed by atoms with Gasteiger partial charge in [-0.05, 0) is 41.3 Å². The normalized spacial score (nSPS) is 10.9. The van der Waals surface area contributed by atoms with Crippen LogP contribution in [-0.2, 0) is 17.8 Å². The van der Waals surface area contributed by atoms with Crippen LogP contribution in [0.15, 0.2) is 85.2 Å². The summed E-state index contributed by atoms with van der Waals surface area (Å²) in [6, 6.07) is 24.5. The Morgan fingerprint density at radius 3 is 2.50 bits per heavy atom. The minimum absolute atomic E-state index is 0.0583. The van der Waals surface area contributed by atoms with Crippen molar-refractivity contribution in [1.29, 1.82) is 0 Å². The first kappa shape index (κ1) is 18.0. The second kappa shape index (κ2) is 8.53. The standard InChI is InChI=1S/C24H23N3O/c28-23(18-19-9-11-21(12-10-19)20-6-2-1-3-7-20)25-15-5-16-27-17-13-22-8-4-14-26-24(22)27/h1-4,6-14,17H,5,15-16,18H2,(H,25,28). The van der Waals surface area contributed by atoms with Crippen molar-refractivity contribution < 1.29 is 4.79 Å². The number of fused-ring (bicyclic) bond motifs is 1. The van der Waals surface area contributed by atoms with Crippen molar-refractivity contribution in [3.8, 4) is 11.1 Å². The zero-order valence-electron chi connectivity index (χ0n) is 15.7. The molecule has 0 radical (unpaired) electrons. The van der Waals surface area contributed by atoms with Gasteiger partial charge in [-0.3, -0.25) is 4.79 Å². The number of amides is 1. The molecule has 0 atom stereocenters. The SMILES string of the molecule is O=C(Cc1ccc(-c2ccccc2)cc1)NCCCn1ccc2cccnc21. The van der Waals surface area contributed by atoms with E-state index in [9.17, 15) is 4.79 Å². The molecule has 4 rings (SSSR count). The molecule has 140 valence electrons. The molecule has 0 bridgehead atoms. The summed E-state index contributed by atoms with van der Waals surface area (Å²) in [6.07, 6.45) is 5.14. The van der Waals surface area contributed by atoms with Gasteiger partial charge < -0.3 is 9.88 Å². The molecule has 1 N–H and O–H groups in total. The van der Waals surface area contributed by atoms with Crippen LogP contribution < -0.4 is 5.32 Å². The van der Waals surface area contributed by atoms with E-state index in [1.807, 2.05) is 48.8 Å². The Kier molecular flexibility index (Phi) is 5.48. The molecule has 4 nitrogen and oxygen atoms in total. The first-order valence-electron chi connectivity index (χ1n) is 9.60. The average molecular weight is 369 g/mol. The summed E-state index contributed by atoms with van der Waals surface area (Å²) >= 11 is 0. The predicted molar refractivity (Wildman–Crippen MR) is 113 cm³/mol. The van der Waals surface area contributed by atoms with Gasteiger partial charge in [0.2, 0.25) is 5.91 Å². The Balaban J connectivity index is 1.24. The van der Waals surface area contributed by atoms with Crippen LogP contribution in [0.4, 0.5) is 0 Å². The minimum Gasteiger partial charge on any atom is -0.356 e. The molecule has 0 fully saturated rings. The van der Waals surface area contributed by atoms with Gasteiger partial charge in [0.25, 0.3) is 0 Å². The molecule has 28 heavy (non-hydrogen) atoms. The molecule has 2 aromatic carbocycles. The fourth-order valence-corrected chi connectivity index (χ4v) is 3.37. The lowest BCUT2D eigenvalue weighted by Crippen LogP contribution is -2.26. The van der Waals surface area contributed by atoms with E-state index in [2.05, 4.69) is 51.3 Å². The number of nitrogens with one attached hydrogen (secondary N) is 1. The Bertz CT molecular complexity index is 1050. The molecular formula is C24H23N3O. The molecule has 0 saturated heterocycles. The van der Waals surface area contributed by atoms with Crippen molar-refractivity contribution in [2.75, 3.05) is 6.54 Å². The van der Waals surface area contributed by atoms with Gasteiger partial charge in [0, 0.05) is 30.9 Å². The summed E-state index contributed by atoms with van der Waals surface area (Å²) in [7, 11) is 0. The van der Waals surface area contributed by atoms with E-state index >= 15 is 0 Å². The van der Waals surface area contributed by atoms with Crippen molar-refractivity contribution >= 4 is 16.9 Å². The fraction of sp³-hybridized carbons (Fsp3) is 0.167. The van der Waals surface area contributed by atoms with Gasteiger partial charge in [0.15, 0.2) is 0 Å². The topological polar surface area (TPSA) is 46.9 Å². The Hall–Kier alpha value is -3.40. The summed E-state index contributed by atoms with van der Waals surface area (Å²) in [4.78, 5) is 16.6. The summed E-state index contributed by atoms with van der Waals surface area (Å²) in [5, 5.41) is 4.16. The second-order valence-corrected chi connectivity index (χ2v) is 6.87. The van der Waals surface area contributed by atoms with Crippen molar-refractivity contribution in [1.82, 2.24) is 14.9 Å². The number of benzene rings is 2. The van der Waals surface area contributed by atoms with E-state index in [1.165, 1.54) is 5.56 Å². The molecule has 1 amide bonds. The highest BCUT2D eigenvalue weighted by Crippen LogP contribution is 2.19. The van der Waals surface area contributed by atoms with Gasteiger partial charge in [0.1, 0.15) is 5.65 Å². The highest BCUT2D eigenvalue weighted by atomic mass is 16.1. The lowest BCUT2D eigenvalue weighted by Gasteiger charge is -2.08. The quantitative estimate of drug-likeness (QED) is 0.489. The number of pyridine rings is 1. The lowest BCUT2D eigenvalue weighted by molar-refractivity contribution is -0.120. The third kappa shape index (κ3) is 4.29. The van der Waals surface area contributed by atoms with Crippen molar-refractivity contribution in [3.05, 3.63) is 90.8 Å². The number of carbonyl (C=O) groups excluding carboxylic acids is 1. The largest absolute Gasteiger partial charge is 0.356 e. The Labute approximate surface area is 164 Å². The van der Waals surface area contributed by atoms with Gasteiger partial charge in [-0.2, -0.15) is 0 Å². The number of aryl methyl sites for hydroxylation is 1. The number of carbonyl (C=O) groups is 1. The molecule has 0 aliphatic heterocycles.